The fraction of sp³-hybridized carbons (Fsp3) is 0.857. The van der Waals surface area contributed by atoms with Crippen LogP contribution in [0.25, 0.3) is 0 Å². The van der Waals surface area contributed by atoms with Crippen LogP contribution in [0.2, 0.25) is 0 Å². The molecule has 0 bridgehead atoms. The quantitative estimate of drug-likeness (QED) is 0.627. The van der Waals surface area contributed by atoms with E-state index in [0.29, 0.717) is 6.04 Å². The van der Waals surface area contributed by atoms with Crippen LogP contribution in [0.3, 0.4) is 0 Å². The largest absolute Gasteiger partial charge is 0.294 e. The van der Waals surface area contributed by atoms with Gasteiger partial charge in [-0.1, -0.05) is 19.3 Å². The van der Waals surface area contributed by atoms with Crippen LogP contribution in [-0.4, -0.2) is 24.0 Å². The molecule has 1 aliphatic rings. The molecule has 0 radical (unpaired) electrons. The minimum atomic E-state index is 0.0767. The van der Waals surface area contributed by atoms with Crippen LogP contribution in [0.1, 0.15) is 65.7 Å². The van der Waals surface area contributed by atoms with Gasteiger partial charge in [-0.3, -0.25) is 9.98 Å². The van der Waals surface area contributed by atoms with E-state index in [9.17, 15) is 0 Å². The Hall–Kier alpha value is -0.660. The first-order valence-electron chi connectivity index (χ1n) is 6.65. The fourth-order valence-electron chi connectivity index (χ4n) is 2.29. The molecule has 92 valence electrons. The summed E-state index contributed by atoms with van der Waals surface area (Å²) >= 11 is 0. The number of rotatable bonds is 5. The van der Waals surface area contributed by atoms with E-state index in [-0.39, 0.29) is 5.54 Å². The van der Waals surface area contributed by atoms with Gasteiger partial charge in [0.25, 0.3) is 0 Å². The second-order valence-electron chi connectivity index (χ2n) is 5.36. The molecule has 2 nitrogen and oxygen atoms in total. The number of nitrogens with zero attached hydrogens (tertiary/aromatic N) is 2. The Kier molecular flexibility index (Phi) is 5.72. The van der Waals surface area contributed by atoms with Crippen molar-refractivity contribution in [2.75, 3.05) is 0 Å². The summed E-state index contributed by atoms with van der Waals surface area (Å²) in [4.78, 5) is 9.12. The first-order chi connectivity index (χ1) is 7.64. The van der Waals surface area contributed by atoms with Gasteiger partial charge in [-0.25, -0.2) is 0 Å². The van der Waals surface area contributed by atoms with Gasteiger partial charge in [0.05, 0.1) is 5.54 Å². The van der Waals surface area contributed by atoms with E-state index in [2.05, 4.69) is 30.0 Å². The molecule has 0 atom stereocenters. The smallest absolute Gasteiger partial charge is 0.0551 e. The lowest BCUT2D eigenvalue weighted by molar-refractivity contribution is 0.442. The Labute approximate surface area is 100 Å². The highest BCUT2D eigenvalue weighted by Crippen LogP contribution is 2.20. The normalized spacial score (nSPS) is 19.9. The van der Waals surface area contributed by atoms with Gasteiger partial charge in [-0.2, -0.15) is 0 Å². The number of hydrogen-bond acceptors (Lipinski definition) is 2. The van der Waals surface area contributed by atoms with Gasteiger partial charge in [0.15, 0.2) is 0 Å². The van der Waals surface area contributed by atoms with Crippen molar-refractivity contribution in [1.29, 1.82) is 0 Å². The maximum atomic E-state index is 4.67. The minimum Gasteiger partial charge on any atom is -0.294 e. The summed E-state index contributed by atoms with van der Waals surface area (Å²) < 4.78 is 0. The van der Waals surface area contributed by atoms with Gasteiger partial charge >= 0.3 is 0 Å². The van der Waals surface area contributed by atoms with Crippen LogP contribution in [0.5, 0.6) is 0 Å². The van der Waals surface area contributed by atoms with Gasteiger partial charge < -0.3 is 0 Å². The topological polar surface area (TPSA) is 24.7 Å². The third-order valence-electron chi connectivity index (χ3n) is 3.25. The van der Waals surface area contributed by atoms with Crippen LogP contribution < -0.4 is 0 Å². The van der Waals surface area contributed by atoms with Crippen molar-refractivity contribution in [3.8, 4) is 0 Å². The molecule has 0 N–H and O–H groups in total. The molecule has 0 aromatic rings. The van der Waals surface area contributed by atoms with E-state index in [0.717, 1.165) is 12.8 Å². The molecule has 1 fully saturated rings. The summed E-state index contributed by atoms with van der Waals surface area (Å²) in [6, 6.07) is 0.617. The van der Waals surface area contributed by atoms with E-state index >= 15 is 0 Å². The predicted octanol–water partition coefficient (Wildman–Crippen LogP) is 4.04. The minimum absolute atomic E-state index is 0.0767. The zero-order chi connectivity index (χ0) is 11.9. The zero-order valence-corrected chi connectivity index (χ0v) is 11.1. The molecule has 0 amide bonds. The Morgan fingerprint density at radius 3 is 2.50 bits per heavy atom. The predicted molar refractivity (Wildman–Crippen MR) is 72.8 cm³/mol. The van der Waals surface area contributed by atoms with Crippen LogP contribution in [0.15, 0.2) is 9.98 Å². The third kappa shape index (κ3) is 5.43. The Morgan fingerprint density at radius 1 is 1.19 bits per heavy atom. The monoisotopic (exact) mass is 222 g/mol. The lowest BCUT2D eigenvalue weighted by Crippen LogP contribution is -2.16. The molecular formula is C14H26N2. The van der Waals surface area contributed by atoms with Crippen molar-refractivity contribution in [3.05, 3.63) is 0 Å². The molecule has 16 heavy (non-hydrogen) atoms. The lowest BCUT2D eigenvalue weighted by Gasteiger charge is -2.19. The van der Waals surface area contributed by atoms with Crippen LogP contribution >= 0.6 is 0 Å². The fourth-order valence-corrected chi connectivity index (χ4v) is 2.29. The summed E-state index contributed by atoms with van der Waals surface area (Å²) in [5.74, 6) is 0. The first-order valence-corrected chi connectivity index (χ1v) is 6.65. The second kappa shape index (κ2) is 6.82. The molecule has 2 heteroatoms. The molecule has 0 heterocycles. The molecule has 0 aromatic heterocycles. The van der Waals surface area contributed by atoms with E-state index in [1.807, 2.05) is 13.1 Å². The zero-order valence-electron chi connectivity index (χ0n) is 11.1. The average molecular weight is 222 g/mol. The molecule has 0 aliphatic heterocycles. The Balaban J connectivity index is 2.21. The van der Waals surface area contributed by atoms with Gasteiger partial charge in [0.2, 0.25) is 0 Å². The highest BCUT2D eigenvalue weighted by atomic mass is 14.8. The summed E-state index contributed by atoms with van der Waals surface area (Å²) in [5.41, 5.74) is 0.0767. The van der Waals surface area contributed by atoms with Crippen molar-refractivity contribution >= 4 is 12.4 Å². The maximum absolute atomic E-state index is 4.67. The van der Waals surface area contributed by atoms with Gasteiger partial charge in [-0.05, 0) is 58.9 Å². The maximum Gasteiger partial charge on any atom is 0.0551 e. The van der Waals surface area contributed by atoms with E-state index in [1.165, 1.54) is 32.1 Å². The molecule has 1 saturated carbocycles. The standard InChI is InChI=1S/C14H26N2/c1-4-16-14(2,3)11-8-12-15-13-9-6-5-7-10-13/h4,12-13H,5-11H2,1-3H3/b15-12+,16-4+. The molecule has 1 aliphatic carbocycles. The van der Waals surface area contributed by atoms with Crippen molar-refractivity contribution in [3.63, 3.8) is 0 Å². The Morgan fingerprint density at radius 2 is 1.88 bits per heavy atom. The van der Waals surface area contributed by atoms with Crippen LogP contribution in [0, 0.1) is 0 Å². The summed E-state index contributed by atoms with van der Waals surface area (Å²) in [7, 11) is 0. The highest BCUT2D eigenvalue weighted by molar-refractivity contribution is 5.58. The molecule has 0 saturated heterocycles. The molecule has 0 spiro atoms. The molecule has 0 aromatic carbocycles. The second-order valence-corrected chi connectivity index (χ2v) is 5.36. The SMILES string of the molecule is C/C=N/C(C)(C)CC/C=N/C1CCCCC1. The molecular weight excluding hydrogens is 196 g/mol. The van der Waals surface area contributed by atoms with Crippen molar-refractivity contribution < 1.29 is 0 Å². The van der Waals surface area contributed by atoms with Gasteiger partial charge in [0, 0.05) is 6.04 Å². The highest BCUT2D eigenvalue weighted by Gasteiger charge is 2.14. The Bertz CT molecular complexity index is 235. The van der Waals surface area contributed by atoms with E-state index < -0.39 is 0 Å². The van der Waals surface area contributed by atoms with Crippen molar-refractivity contribution in [1.82, 2.24) is 0 Å². The van der Waals surface area contributed by atoms with Crippen LogP contribution in [0.4, 0.5) is 0 Å². The van der Waals surface area contributed by atoms with Crippen molar-refractivity contribution in [2.45, 2.75) is 77.3 Å². The van der Waals surface area contributed by atoms with Gasteiger partial charge in [0.1, 0.15) is 0 Å². The van der Waals surface area contributed by atoms with E-state index in [4.69, 9.17) is 0 Å². The van der Waals surface area contributed by atoms with Crippen LogP contribution in [-0.2, 0) is 0 Å². The third-order valence-corrected chi connectivity index (χ3v) is 3.25. The molecule has 0 unspecified atom stereocenters. The van der Waals surface area contributed by atoms with Crippen molar-refractivity contribution in [2.24, 2.45) is 9.98 Å². The summed E-state index contributed by atoms with van der Waals surface area (Å²) in [6.45, 7) is 6.35. The summed E-state index contributed by atoms with van der Waals surface area (Å²) in [6.07, 6.45) is 12.9. The average Bonchev–Trinajstić information content (AvgIpc) is 2.26. The van der Waals surface area contributed by atoms with E-state index in [1.54, 1.807) is 0 Å². The first kappa shape index (κ1) is 13.4. The molecule has 1 rings (SSSR count). The number of aliphatic imine (C=N–C) groups is 2. The lowest BCUT2D eigenvalue weighted by atomic mass is 9.96. The van der Waals surface area contributed by atoms with Gasteiger partial charge in [-0.15, -0.1) is 0 Å². The number of hydrogen-bond donors (Lipinski definition) is 0. The summed E-state index contributed by atoms with van der Waals surface area (Å²) in [5, 5.41) is 0.